The van der Waals surface area contributed by atoms with Crippen LogP contribution in [-0.2, 0) is 0 Å². The molecule has 0 N–H and O–H groups in total. The van der Waals surface area contributed by atoms with Crippen molar-refractivity contribution in [2.24, 2.45) is 0 Å². The van der Waals surface area contributed by atoms with Gasteiger partial charge >= 0.3 is 0 Å². The predicted molar refractivity (Wildman–Crippen MR) is 198 cm³/mol. The van der Waals surface area contributed by atoms with Gasteiger partial charge in [0.15, 0.2) is 0 Å². The number of hydrogen-bond acceptors (Lipinski definition) is 1. The molecule has 3 heteroatoms. The lowest BCUT2D eigenvalue weighted by molar-refractivity contribution is 1.14. The molecule has 220 valence electrons. The first-order valence-corrected chi connectivity index (χ1v) is 16.1. The molecule has 0 aromatic heterocycles. The molecule has 3 nitrogen and oxygen atoms in total. The third-order valence-corrected chi connectivity index (χ3v) is 9.63. The maximum atomic E-state index is 2.46. The molecule has 47 heavy (non-hydrogen) atoms. The fourth-order valence-corrected chi connectivity index (χ4v) is 7.69. The van der Waals surface area contributed by atoms with Crippen molar-refractivity contribution in [1.29, 1.82) is 0 Å². The second-order valence-electron chi connectivity index (χ2n) is 12.2. The molecule has 0 saturated carbocycles. The Bertz CT molecular complexity index is 2610. The highest BCUT2D eigenvalue weighted by molar-refractivity contribution is 6.26. The van der Waals surface area contributed by atoms with Gasteiger partial charge in [0, 0.05) is 50.3 Å². The highest BCUT2D eigenvalue weighted by atomic mass is 15.1. The summed E-state index contributed by atoms with van der Waals surface area (Å²) in [6.45, 7) is 0. The summed E-state index contributed by atoms with van der Waals surface area (Å²) in [5, 5.41) is 5.09. The van der Waals surface area contributed by atoms with Crippen LogP contribution in [-0.4, -0.2) is 9.13 Å². The largest absolute Gasteiger partial charge is 0.311 e. The standard InChI is InChI=1S/C44H29N3/c1-4-14-32(15-5-1)45(33-16-6-2-7-17-33)35-24-26-36(27-25-35)47-38-21-11-13-31-22-28-39-43(42(31)38)44-40(47)29-23-30-12-10-20-37(41(30)44)46(39)34-18-8-3-9-19-34/h1-29H. The molecular formula is C44H29N3. The molecule has 8 aromatic rings. The zero-order valence-electron chi connectivity index (χ0n) is 25.6. The van der Waals surface area contributed by atoms with E-state index in [1.165, 1.54) is 60.4 Å². The van der Waals surface area contributed by atoms with E-state index in [4.69, 9.17) is 0 Å². The van der Waals surface area contributed by atoms with Crippen LogP contribution in [0.4, 0.5) is 17.1 Å². The smallest absolute Gasteiger partial charge is 0.0548 e. The second kappa shape index (κ2) is 10.1. The van der Waals surface area contributed by atoms with Gasteiger partial charge in [-0.15, -0.1) is 0 Å². The summed E-state index contributed by atoms with van der Waals surface area (Å²) >= 11 is 0. The summed E-state index contributed by atoms with van der Waals surface area (Å²) in [4.78, 5) is 2.31. The molecule has 0 atom stereocenters. The van der Waals surface area contributed by atoms with Gasteiger partial charge in [-0.25, -0.2) is 0 Å². The van der Waals surface area contributed by atoms with Crippen molar-refractivity contribution in [1.82, 2.24) is 9.13 Å². The number of para-hydroxylation sites is 3. The molecule has 2 aliphatic rings. The van der Waals surface area contributed by atoms with Crippen LogP contribution in [0.15, 0.2) is 176 Å². The van der Waals surface area contributed by atoms with Crippen molar-refractivity contribution in [3.8, 4) is 22.5 Å². The molecular weight excluding hydrogens is 571 g/mol. The van der Waals surface area contributed by atoms with Crippen molar-refractivity contribution in [2.45, 2.75) is 0 Å². The Morgan fingerprint density at radius 3 is 1.21 bits per heavy atom. The molecule has 2 aliphatic heterocycles. The summed E-state index contributed by atoms with van der Waals surface area (Å²) in [6.07, 6.45) is 0. The van der Waals surface area contributed by atoms with Gasteiger partial charge in [-0.05, 0) is 95.7 Å². The van der Waals surface area contributed by atoms with Crippen molar-refractivity contribution in [3.05, 3.63) is 176 Å². The molecule has 0 bridgehead atoms. The van der Waals surface area contributed by atoms with Crippen LogP contribution in [0, 0.1) is 0 Å². The van der Waals surface area contributed by atoms with E-state index in [1.54, 1.807) is 0 Å². The van der Waals surface area contributed by atoms with E-state index in [0.29, 0.717) is 0 Å². The minimum atomic E-state index is 1.12. The van der Waals surface area contributed by atoms with Crippen LogP contribution in [0.2, 0.25) is 0 Å². The van der Waals surface area contributed by atoms with Gasteiger partial charge in [0.1, 0.15) is 0 Å². The lowest BCUT2D eigenvalue weighted by atomic mass is 9.87. The minimum absolute atomic E-state index is 1.12. The molecule has 0 aliphatic carbocycles. The maximum absolute atomic E-state index is 2.46. The van der Waals surface area contributed by atoms with E-state index in [2.05, 4.69) is 190 Å². The van der Waals surface area contributed by atoms with Gasteiger partial charge < -0.3 is 14.0 Å². The van der Waals surface area contributed by atoms with E-state index in [1.807, 2.05) is 0 Å². The quantitative estimate of drug-likeness (QED) is 0.142. The van der Waals surface area contributed by atoms with Gasteiger partial charge in [-0.1, -0.05) is 91.0 Å². The van der Waals surface area contributed by atoms with Gasteiger partial charge in [0.05, 0.1) is 22.1 Å². The van der Waals surface area contributed by atoms with Gasteiger partial charge in [-0.3, -0.25) is 0 Å². The Hall–Kier alpha value is -6.32. The number of hydrogen-bond donors (Lipinski definition) is 0. The first kappa shape index (κ1) is 26.0. The first-order valence-electron chi connectivity index (χ1n) is 16.1. The lowest BCUT2D eigenvalue weighted by Crippen LogP contribution is -2.11. The molecule has 0 spiro atoms. The molecule has 0 amide bonds. The highest BCUT2D eigenvalue weighted by Gasteiger charge is 2.26. The zero-order valence-corrected chi connectivity index (χ0v) is 25.6. The first-order chi connectivity index (χ1) is 23.3. The zero-order chi connectivity index (χ0) is 30.9. The average Bonchev–Trinajstić information content (AvgIpc) is 3.14. The van der Waals surface area contributed by atoms with E-state index in [-0.39, 0.29) is 0 Å². The second-order valence-corrected chi connectivity index (χ2v) is 12.2. The Labute approximate surface area is 272 Å². The van der Waals surface area contributed by atoms with Crippen LogP contribution < -0.4 is 4.90 Å². The number of benzene rings is 8. The van der Waals surface area contributed by atoms with Crippen molar-refractivity contribution in [2.75, 3.05) is 4.90 Å². The van der Waals surface area contributed by atoms with E-state index >= 15 is 0 Å². The number of rotatable bonds is 5. The monoisotopic (exact) mass is 599 g/mol. The maximum Gasteiger partial charge on any atom is 0.0548 e. The highest BCUT2D eigenvalue weighted by Crippen LogP contribution is 2.49. The Morgan fingerprint density at radius 2 is 0.723 bits per heavy atom. The summed E-state index contributed by atoms with van der Waals surface area (Å²) < 4.78 is 4.90. The summed E-state index contributed by atoms with van der Waals surface area (Å²) in [7, 11) is 0. The van der Waals surface area contributed by atoms with Gasteiger partial charge in [0.2, 0.25) is 0 Å². The van der Waals surface area contributed by atoms with Gasteiger partial charge in [0.25, 0.3) is 0 Å². The molecule has 0 fully saturated rings. The average molecular weight is 600 g/mol. The van der Waals surface area contributed by atoms with E-state index in [0.717, 1.165) is 22.7 Å². The molecule has 2 heterocycles. The van der Waals surface area contributed by atoms with E-state index in [9.17, 15) is 0 Å². The summed E-state index contributed by atoms with van der Waals surface area (Å²) in [6, 6.07) is 63.5. The number of anilines is 3. The van der Waals surface area contributed by atoms with Crippen LogP contribution in [0.25, 0.3) is 66.1 Å². The summed E-state index contributed by atoms with van der Waals surface area (Å²) in [5.74, 6) is 0. The molecule has 10 rings (SSSR count). The Kier molecular flexibility index (Phi) is 5.57. The van der Waals surface area contributed by atoms with Crippen molar-refractivity contribution in [3.63, 3.8) is 0 Å². The molecule has 0 saturated heterocycles. The van der Waals surface area contributed by atoms with Gasteiger partial charge in [-0.2, -0.15) is 0 Å². The third kappa shape index (κ3) is 3.81. The van der Waals surface area contributed by atoms with Crippen LogP contribution in [0.3, 0.4) is 0 Å². The number of aromatic nitrogens is 2. The molecule has 0 radical (unpaired) electrons. The van der Waals surface area contributed by atoms with Crippen molar-refractivity contribution < 1.29 is 0 Å². The third-order valence-electron chi connectivity index (χ3n) is 9.63. The molecule has 0 unspecified atom stereocenters. The van der Waals surface area contributed by atoms with Crippen LogP contribution >= 0.6 is 0 Å². The normalized spacial score (nSPS) is 11.8. The number of nitrogens with zero attached hydrogens (tertiary/aromatic N) is 3. The van der Waals surface area contributed by atoms with Crippen LogP contribution in [0.1, 0.15) is 0 Å². The lowest BCUT2D eigenvalue weighted by Gasteiger charge is -2.29. The topological polar surface area (TPSA) is 13.1 Å². The minimum Gasteiger partial charge on any atom is -0.311 e. The van der Waals surface area contributed by atoms with Crippen molar-refractivity contribution >= 4 is 60.7 Å². The predicted octanol–water partition coefficient (Wildman–Crippen LogP) is 11.9. The number of pyridine rings is 2. The Morgan fingerprint density at radius 1 is 0.298 bits per heavy atom. The molecule has 8 aromatic carbocycles. The van der Waals surface area contributed by atoms with Crippen LogP contribution in [0.5, 0.6) is 0 Å². The SMILES string of the molecule is c1ccc(N(c2ccccc2)c2ccc(-n3c4ccc5cccc6c5c4-c4c5c(cccc53)ccc4n6-c3ccccc3)cc2)cc1. The van der Waals surface area contributed by atoms with E-state index < -0.39 is 0 Å². The fraction of sp³-hybridized carbons (Fsp3) is 0. The fourth-order valence-electron chi connectivity index (χ4n) is 7.69. The summed E-state index contributed by atoms with van der Waals surface area (Å²) in [5.41, 5.74) is 13.2. The Balaban J connectivity index is 1.27.